The van der Waals surface area contributed by atoms with Gasteiger partial charge in [-0.2, -0.15) is 4.68 Å². The number of methoxy groups -OCH3 is 1. The summed E-state index contributed by atoms with van der Waals surface area (Å²) in [6.45, 7) is 0.813. The number of aromatic nitrogens is 4. The van der Waals surface area contributed by atoms with E-state index in [2.05, 4.69) is 15.3 Å². The number of fused-ring (bicyclic) bond motifs is 1. The van der Waals surface area contributed by atoms with E-state index in [-0.39, 0.29) is 12.2 Å². The number of rotatable bonds is 7. The molecule has 8 nitrogen and oxygen atoms in total. The number of hydrogen-bond acceptors (Lipinski definition) is 7. The first-order valence-corrected chi connectivity index (χ1v) is 8.97. The SMILES string of the molecule is COCCc1c(C(=O)Cc2ccc3c(c2)B(O)OC3)nnn1-c1ccccn1. The Morgan fingerprint density at radius 3 is 3.04 bits per heavy atom. The van der Waals surface area contributed by atoms with Crippen LogP contribution in [0.3, 0.4) is 0 Å². The Balaban J connectivity index is 1.62. The van der Waals surface area contributed by atoms with Gasteiger partial charge < -0.3 is 14.4 Å². The predicted octanol–water partition coefficient (Wildman–Crippen LogP) is 0.494. The van der Waals surface area contributed by atoms with E-state index in [1.54, 1.807) is 24.1 Å². The van der Waals surface area contributed by atoms with Crippen molar-refractivity contribution in [3.63, 3.8) is 0 Å². The van der Waals surface area contributed by atoms with E-state index in [9.17, 15) is 9.82 Å². The minimum absolute atomic E-state index is 0.151. The molecule has 0 atom stereocenters. The molecule has 1 aliphatic heterocycles. The third-order valence-corrected chi connectivity index (χ3v) is 4.67. The zero-order valence-corrected chi connectivity index (χ0v) is 15.4. The Morgan fingerprint density at radius 1 is 1.36 bits per heavy atom. The molecule has 0 spiro atoms. The van der Waals surface area contributed by atoms with Gasteiger partial charge in [0.2, 0.25) is 0 Å². The Hall–Kier alpha value is -2.88. The molecule has 1 aromatic carbocycles. The molecular weight excluding hydrogens is 359 g/mol. The number of pyridine rings is 1. The molecule has 2 aromatic heterocycles. The van der Waals surface area contributed by atoms with E-state index >= 15 is 0 Å². The van der Waals surface area contributed by atoms with Crippen LogP contribution in [0.1, 0.15) is 27.3 Å². The summed E-state index contributed by atoms with van der Waals surface area (Å²) in [5.41, 5.74) is 3.40. The molecule has 0 unspecified atom stereocenters. The van der Waals surface area contributed by atoms with Crippen LogP contribution in [-0.2, 0) is 28.8 Å². The lowest BCUT2D eigenvalue weighted by molar-refractivity contribution is 0.0986. The number of hydrogen-bond donors (Lipinski definition) is 1. The Kier molecular flexibility index (Phi) is 5.29. The number of Topliss-reactive ketones (excluding diaryl/α,β-unsaturated/α-hetero) is 1. The van der Waals surface area contributed by atoms with Crippen molar-refractivity contribution in [2.24, 2.45) is 0 Å². The van der Waals surface area contributed by atoms with E-state index < -0.39 is 7.12 Å². The molecule has 9 heteroatoms. The van der Waals surface area contributed by atoms with Crippen molar-refractivity contribution < 1.29 is 19.2 Å². The van der Waals surface area contributed by atoms with Gasteiger partial charge in [-0.15, -0.1) is 5.10 Å². The molecule has 3 aromatic rings. The maximum Gasteiger partial charge on any atom is 0.491 e. The standard InChI is InChI=1S/C19H19BN4O4/c1-27-9-7-16-19(22-23-24(16)18-4-2-3-8-21-18)17(25)11-13-5-6-14-12-28-20(26)15(14)10-13/h2-6,8,10,26H,7,9,11-12H2,1H3. The number of benzene rings is 1. The summed E-state index contributed by atoms with van der Waals surface area (Å²) in [7, 11) is 0.668. The van der Waals surface area contributed by atoms with Gasteiger partial charge in [0.1, 0.15) is 0 Å². The zero-order chi connectivity index (χ0) is 19.5. The molecule has 0 saturated heterocycles. The molecule has 0 aliphatic carbocycles. The molecule has 0 fully saturated rings. The topological polar surface area (TPSA) is 99.4 Å². The fraction of sp³-hybridized carbons (Fsp3) is 0.263. The minimum Gasteiger partial charge on any atom is -0.423 e. The van der Waals surface area contributed by atoms with Crippen molar-refractivity contribution in [1.82, 2.24) is 20.0 Å². The summed E-state index contributed by atoms with van der Waals surface area (Å²) < 4.78 is 12.0. The van der Waals surface area contributed by atoms with Crippen LogP contribution in [0.2, 0.25) is 0 Å². The quantitative estimate of drug-likeness (QED) is 0.472. The van der Waals surface area contributed by atoms with Crippen LogP contribution in [-0.4, -0.2) is 51.6 Å². The first-order valence-electron chi connectivity index (χ1n) is 8.97. The summed E-state index contributed by atoms with van der Waals surface area (Å²) in [4.78, 5) is 17.2. The van der Waals surface area contributed by atoms with Crippen LogP contribution < -0.4 is 5.46 Å². The van der Waals surface area contributed by atoms with E-state index in [1.165, 1.54) is 0 Å². The van der Waals surface area contributed by atoms with Crippen molar-refractivity contribution >= 4 is 18.4 Å². The van der Waals surface area contributed by atoms with Crippen LogP contribution in [0.25, 0.3) is 5.82 Å². The maximum absolute atomic E-state index is 13.0. The van der Waals surface area contributed by atoms with Crippen LogP contribution >= 0.6 is 0 Å². The molecular formula is C19H19BN4O4. The van der Waals surface area contributed by atoms with E-state index in [4.69, 9.17) is 9.39 Å². The van der Waals surface area contributed by atoms with Gasteiger partial charge in [0.05, 0.1) is 18.9 Å². The largest absolute Gasteiger partial charge is 0.491 e. The fourth-order valence-electron chi connectivity index (χ4n) is 3.25. The Labute approximate surface area is 162 Å². The van der Waals surface area contributed by atoms with E-state index in [0.29, 0.717) is 42.3 Å². The molecule has 0 amide bonds. The summed E-state index contributed by atoms with van der Waals surface area (Å²) in [6.07, 6.45) is 2.30. The second kappa shape index (κ2) is 8.01. The maximum atomic E-state index is 13.0. The van der Waals surface area contributed by atoms with Crippen molar-refractivity contribution in [2.75, 3.05) is 13.7 Å². The summed E-state index contributed by atoms with van der Waals surface area (Å²) in [5, 5.41) is 18.1. The van der Waals surface area contributed by atoms with Gasteiger partial charge in [-0.1, -0.05) is 29.5 Å². The van der Waals surface area contributed by atoms with Gasteiger partial charge in [-0.05, 0) is 28.7 Å². The van der Waals surface area contributed by atoms with Gasteiger partial charge in [0.15, 0.2) is 17.3 Å². The molecule has 0 radical (unpaired) electrons. The molecule has 1 aliphatic rings. The van der Waals surface area contributed by atoms with Gasteiger partial charge in [0, 0.05) is 26.1 Å². The highest BCUT2D eigenvalue weighted by atomic mass is 16.5. The van der Waals surface area contributed by atoms with E-state index in [1.807, 2.05) is 30.3 Å². The third kappa shape index (κ3) is 3.59. The average Bonchev–Trinajstić information content (AvgIpc) is 3.31. The van der Waals surface area contributed by atoms with Crippen LogP contribution in [0.15, 0.2) is 42.6 Å². The molecule has 0 bridgehead atoms. The molecule has 1 N–H and O–H groups in total. The molecule has 28 heavy (non-hydrogen) atoms. The Morgan fingerprint density at radius 2 is 2.25 bits per heavy atom. The molecule has 4 rings (SSSR count). The molecule has 3 heterocycles. The van der Waals surface area contributed by atoms with Gasteiger partial charge in [-0.25, -0.2) is 4.98 Å². The highest BCUT2D eigenvalue weighted by Gasteiger charge is 2.28. The third-order valence-electron chi connectivity index (χ3n) is 4.67. The first kappa shape index (κ1) is 18.5. The van der Waals surface area contributed by atoms with Crippen molar-refractivity contribution in [3.8, 4) is 5.82 Å². The number of carbonyl (C=O) groups is 1. The average molecular weight is 378 g/mol. The summed E-state index contributed by atoms with van der Waals surface area (Å²) in [6, 6.07) is 11.0. The number of ketones is 1. The van der Waals surface area contributed by atoms with Crippen LogP contribution in [0.4, 0.5) is 0 Å². The number of carbonyl (C=O) groups excluding carboxylic acids is 1. The monoisotopic (exact) mass is 378 g/mol. The first-order chi connectivity index (χ1) is 13.7. The van der Waals surface area contributed by atoms with Gasteiger partial charge in [0.25, 0.3) is 0 Å². The van der Waals surface area contributed by atoms with E-state index in [0.717, 1.165) is 11.1 Å². The summed E-state index contributed by atoms with van der Waals surface area (Å²) >= 11 is 0. The second-order valence-corrected chi connectivity index (χ2v) is 6.52. The smallest absolute Gasteiger partial charge is 0.423 e. The lowest BCUT2D eigenvalue weighted by atomic mass is 9.78. The Bertz CT molecular complexity index is 993. The molecule has 0 saturated carbocycles. The summed E-state index contributed by atoms with van der Waals surface area (Å²) in [5.74, 6) is 0.444. The fourth-order valence-corrected chi connectivity index (χ4v) is 3.25. The minimum atomic E-state index is -0.938. The normalized spacial score (nSPS) is 13.0. The van der Waals surface area contributed by atoms with Gasteiger partial charge >= 0.3 is 7.12 Å². The van der Waals surface area contributed by atoms with Crippen LogP contribution in [0, 0.1) is 0 Å². The lowest BCUT2D eigenvalue weighted by Crippen LogP contribution is -2.28. The number of nitrogens with zero attached hydrogens (tertiary/aromatic N) is 4. The van der Waals surface area contributed by atoms with Gasteiger partial charge in [-0.3, -0.25) is 4.79 Å². The van der Waals surface area contributed by atoms with Crippen molar-refractivity contribution in [1.29, 1.82) is 0 Å². The highest BCUT2D eigenvalue weighted by Crippen LogP contribution is 2.16. The molecule has 142 valence electrons. The second-order valence-electron chi connectivity index (χ2n) is 6.52. The zero-order valence-electron chi connectivity index (χ0n) is 15.4. The number of ether oxygens (including phenoxy) is 1. The van der Waals surface area contributed by atoms with Crippen LogP contribution in [0.5, 0.6) is 0 Å². The van der Waals surface area contributed by atoms with Crippen molar-refractivity contribution in [3.05, 3.63) is 65.1 Å². The predicted molar refractivity (Wildman–Crippen MR) is 102 cm³/mol. The highest BCUT2D eigenvalue weighted by molar-refractivity contribution is 6.61. The van der Waals surface area contributed by atoms with Crippen molar-refractivity contribution in [2.45, 2.75) is 19.4 Å². The lowest BCUT2D eigenvalue weighted by Gasteiger charge is -2.07.